The summed E-state index contributed by atoms with van der Waals surface area (Å²) >= 11 is 1.77. The predicted molar refractivity (Wildman–Crippen MR) is 114 cm³/mol. The molecule has 0 unspecified atom stereocenters. The van der Waals surface area contributed by atoms with Crippen LogP contribution in [0.15, 0.2) is 10.4 Å². The van der Waals surface area contributed by atoms with Crippen LogP contribution in [0, 0.1) is 12.3 Å². The van der Waals surface area contributed by atoms with Crippen LogP contribution >= 0.6 is 35.3 Å². The lowest BCUT2D eigenvalue weighted by molar-refractivity contribution is 0.203. The highest BCUT2D eigenvalue weighted by atomic mass is 127. The number of thiazole rings is 1. The summed E-state index contributed by atoms with van der Waals surface area (Å²) < 4.78 is 0. The molecule has 1 saturated carbocycles. The number of aliphatic imine (C=N–C) groups is 1. The first-order valence-electron chi connectivity index (χ1n) is 9.07. The highest BCUT2D eigenvalue weighted by molar-refractivity contribution is 14.0. The fourth-order valence-electron chi connectivity index (χ4n) is 4.12. The van der Waals surface area contributed by atoms with Gasteiger partial charge in [0.05, 0.1) is 5.01 Å². The monoisotopic (exact) mass is 462 g/mol. The van der Waals surface area contributed by atoms with Crippen molar-refractivity contribution >= 4 is 41.3 Å². The maximum Gasteiger partial charge on any atom is 0.193 e. The molecule has 0 aromatic carbocycles. The summed E-state index contributed by atoms with van der Waals surface area (Å²) in [5, 5.41) is 6.95. The zero-order valence-corrected chi connectivity index (χ0v) is 18.2. The number of aromatic nitrogens is 1. The van der Waals surface area contributed by atoms with E-state index in [1.807, 2.05) is 7.05 Å². The molecule has 6 heteroatoms. The average molecular weight is 462 g/mol. The molecule has 0 radical (unpaired) electrons. The average Bonchev–Trinajstić information content (AvgIpc) is 3.15. The fraction of sp³-hybridized carbons (Fsp3) is 0.778. The van der Waals surface area contributed by atoms with E-state index in [-0.39, 0.29) is 24.0 Å². The van der Waals surface area contributed by atoms with Gasteiger partial charge >= 0.3 is 0 Å². The van der Waals surface area contributed by atoms with E-state index >= 15 is 0 Å². The van der Waals surface area contributed by atoms with Crippen molar-refractivity contribution < 1.29 is 0 Å². The van der Waals surface area contributed by atoms with Gasteiger partial charge in [0.25, 0.3) is 0 Å². The highest BCUT2D eigenvalue weighted by Crippen LogP contribution is 2.43. The van der Waals surface area contributed by atoms with Gasteiger partial charge in [0.1, 0.15) is 0 Å². The van der Waals surface area contributed by atoms with E-state index in [1.165, 1.54) is 56.6 Å². The van der Waals surface area contributed by atoms with E-state index in [0.717, 1.165) is 31.0 Å². The minimum Gasteiger partial charge on any atom is -0.356 e. The fourth-order valence-corrected chi connectivity index (χ4v) is 4.93. The molecule has 1 aliphatic heterocycles. The second-order valence-electron chi connectivity index (χ2n) is 7.19. The second kappa shape index (κ2) is 9.36. The Morgan fingerprint density at radius 1 is 1.33 bits per heavy atom. The number of nitrogens with one attached hydrogen (secondary N) is 1. The Morgan fingerprint density at radius 3 is 2.79 bits per heavy atom. The van der Waals surface area contributed by atoms with Gasteiger partial charge in [-0.3, -0.25) is 4.99 Å². The predicted octanol–water partition coefficient (Wildman–Crippen LogP) is 4.23. The quantitative estimate of drug-likeness (QED) is 0.315. The lowest BCUT2D eigenvalue weighted by Gasteiger charge is -2.33. The number of rotatable bonds is 4. The number of nitrogens with zero attached hydrogens (tertiary/aromatic N) is 3. The highest BCUT2D eigenvalue weighted by Gasteiger charge is 2.39. The maximum absolute atomic E-state index is 4.53. The molecule has 0 bridgehead atoms. The summed E-state index contributed by atoms with van der Waals surface area (Å²) in [6, 6.07) is 0. The van der Waals surface area contributed by atoms with Crippen LogP contribution < -0.4 is 5.32 Å². The van der Waals surface area contributed by atoms with E-state index < -0.39 is 0 Å². The van der Waals surface area contributed by atoms with Gasteiger partial charge in [0, 0.05) is 44.2 Å². The molecule has 0 atom stereocenters. The Hall–Kier alpha value is -0.370. The van der Waals surface area contributed by atoms with Crippen molar-refractivity contribution in [2.24, 2.45) is 10.4 Å². The molecule has 1 aromatic rings. The molecule has 1 spiro atoms. The summed E-state index contributed by atoms with van der Waals surface area (Å²) in [7, 11) is 1.92. The number of hydrogen-bond donors (Lipinski definition) is 1. The number of guanidine groups is 1. The summed E-state index contributed by atoms with van der Waals surface area (Å²) in [6.45, 7) is 5.42. The van der Waals surface area contributed by atoms with Crippen molar-refractivity contribution in [3.63, 3.8) is 0 Å². The zero-order chi connectivity index (χ0) is 16.1. The summed E-state index contributed by atoms with van der Waals surface area (Å²) in [6.07, 6.45) is 10.7. The molecule has 1 aliphatic carbocycles. The van der Waals surface area contributed by atoms with Gasteiger partial charge in [-0.25, -0.2) is 4.98 Å². The lowest BCUT2D eigenvalue weighted by atomic mass is 9.73. The minimum atomic E-state index is 0. The molecular weight excluding hydrogens is 431 g/mol. The Labute approximate surface area is 167 Å². The molecule has 4 nitrogen and oxygen atoms in total. The van der Waals surface area contributed by atoms with Gasteiger partial charge in [-0.1, -0.05) is 19.3 Å². The molecule has 1 aromatic heterocycles. The smallest absolute Gasteiger partial charge is 0.193 e. The van der Waals surface area contributed by atoms with Crippen molar-refractivity contribution in [3.05, 3.63) is 16.1 Å². The van der Waals surface area contributed by atoms with Crippen molar-refractivity contribution in [2.45, 2.75) is 58.3 Å². The lowest BCUT2D eigenvalue weighted by Crippen LogP contribution is -2.42. The van der Waals surface area contributed by atoms with Gasteiger partial charge in [-0.15, -0.1) is 35.3 Å². The summed E-state index contributed by atoms with van der Waals surface area (Å²) in [5.41, 5.74) is 1.73. The minimum absolute atomic E-state index is 0. The van der Waals surface area contributed by atoms with Crippen molar-refractivity contribution in [2.75, 3.05) is 26.7 Å². The van der Waals surface area contributed by atoms with Gasteiger partial charge in [0.2, 0.25) is 0 Å². The molecule has 1 saturated heterocycles. The first kappa shape index (κ1) is 19.9. The Balaban J connectivity index is 0.00000208. The van der Waals surface area contributed by atoms with Crippen LogP contribution in [0.4, 0.5) is 0 Å². The van der Waals surface area contributed by atoms with Crippen LogP contribution in [0.25, 0.3) is 0 Å². The van der Waals surface area contributed by atoms with Crippen molar-refractivity contribution in [1.82, 2.24) is 15.2 Å². The Kier molecular flexibility index (Phi) is 7.78. The van der Waals surface area contributed by atoms with Crippen molar-refractivity contribution in [3.8, 4) is 0 Å². The third-order valence-corrected chi connectivity index (χ3v) is 6.41. The standard InChI is InChI=1S/C18H30N4S.HI/c1-15-13-23-16(21-15)7-6-11-20-17(19-2)22-12-10-18(14-22)8-4-3-5-9-18;/h13H,3-12,14H2,1-2H3,(H,19,20);1H. The van der Waals surface area contributed by atoms with E-state index in [2.05, 4.69) is 32.5 Å². The Morgan fingerprint density at radius 2 is 2.12 bits per heavy atom. The largest absolute Gasteiger partial charge is 0.356 e. The van der Waals surface area contributed by atoms with Gasteiger partial charge in [-0.05, 0) is 38.0 Å². The van der Waals surface area contributed by atoms with Crippen LogP contribution in [0.2, 0.25) is 0 Å². The number of aryl methyl sites for hydroxylation is 2. The molecule has 2 fully saturated rings. The molecule has 2 aliphatic rings. The normalized spacial score (nSPS) is 20.2. The van der Waals surface area contributed by atoms with Crippen LogP contribution in [0.1, 0.15) is 55.6 Å². The third-order valence-electron chi connectivity index (χ3n) is 5.38. The molecule has 2 heterocycles. The van der Waals surface area contributed by atoms with Crippen LogP contribution in [0.5, 0.6) is 0 Å². The van der Waals surface area contributed by atoms with Crippen molar-refractivity contribution in [1.29, 1.82) is 0 Å². The molecule has 0 amide bonds. The topological polar surface area (TPSA) is 40.5 Å². The van der Waals surface area contributed by atoms with Gasteiger partial charge < -0.3 is 10.2 Å². The van der Waals surface area contributed by atoms with Crippen LogP contribution in [0.3, 0.4) is 0 Å². The zero-order valence-electron chi connectivity index (χ0n) is 15.0. The van der Waals surface area contributed by atoms with E-state index in [1.54, 1.807) is 11.3 Å². The van der Waals surface area contributed by atoms with E-state index in [0.29, 0.717) is 5.41 Å². The van der Waals surface area contributed by atoms with Gasteiger partial charge in [0.15, 0.2) is 5.96 Å². The second-order valence-corrected chi connectivity index (χ2v) is 8.14. The first-order valence-corrected chi connectivity index (χ1v) is 9.95. The van der Waals surface area contributed by atoms with Crippen LogP contribution in [-0.2, 0) is 6.42 Å². The molecule has 24 heavy (non-hydrogen) atoms. The molecule has 1 N–H and O–H groups in total. The number of likely N-dealkylation sites (tertiary alicyclic amines) is 1. The molecule has 136 valence electrons. The summed E-state index contributed by atoms with van der Waals surface area (Å²) in [4.78, 5) is 11.5. The van der Waals surface area contributed by atoms with E-state index in [9.17, 15) is 0 Å². The Bertz CT molecular complexity index is 537. The third kappa shape index (κ3) is 5.07. The van der Waals surface area contributed by atoms with Gasteiger partial charge in [-0.2, -0.15) is 0 Å². The van der Waals surface area contributed by atoms with Crippen LogP contribution in [-0.4, -0.2) is 42.5 Å². The number of hydrogen-bond acceptors (Lipinski definition) is 3. The molecule has 3 rings (SSSR count). The number of halogens is 1. The molecular formula is C18H31IN4S. The van der Waals surface area contributed by atoms with E-state index in [4.69, 9.17) is 0 Å². The summed E-state index contributed by atoms with van der Waals surface area (Å²) in [5.74, 6) is 1.10. The first-order chi connectivity index (χ1) is 11.2. The SMILES string of the molecule is CN=C(NCCCc1nc(C)cs1)N1CCC2(CCCCC2)C1.I. The maximum atomic E-state index is 4.53.